The van der Waals surface area contributed by atoms with Gasteiger partial charge in [0.25, 0.3) is 5.91 Å². The zero-order valence-corrected chi connectivity index (χ0v) is 18.8. The molecule has 0 aromatic heterocycles. The largest absolute Gasteiger partial charge is 0.459 e. The van der Waals surface area contributed by atoms with Crippen molar-refractivity contribution < 1.29 is 33.6 Å². The van der Waals surface area contributed by atoms with Crippen LogP contribution in [0.3, 0.4) is 0 Å². The number of allylic oxidation sites excluding steroid dienone is 1. The Hall–Kier alpha value is -2.78. The van der Waals surface area contributed by atoms with Crippen molar-refractivity contribution in [2.75, 3.05) is 39.6 Å². The van der Waals surface area contributed by atoms with E-state index in [9.17, 15) is 9.59 Å². The number of carbonyl (C=O) groups excluding carboxylic acids is 2. The second kappa shape index (κ2) is 11.4. The predicted octanol–water partition coefficient (Wildman–Crippen LogP) is 2.05. The topological polar surface area (TPSA) is 107 Å². The van der Waals surface area contributed by atoms with Crippen LogP contribution in [0, 0.1) is 0 Å². The molecule has 3 aliphatic rings. The predicted molar refractivity (Wildman–Crippen MR) is 119 cm³/mol. The Morgan fingerprint density at radius 2 is 2.09 bits per heavy atom. The van der Waals surface area contributed by atoms with Gasteiger partial charge in [0, 0.05) is 45.0 Å². The van der Waals surface area contributed by atoms with Crippen LogP contribution in [0.1, 0.15) is 50.0 Å². The number of fused-ring (bicyclic) bond motifs is 1. The van der Waals surface area contributed by atoms with Crippen LogP contribution in [0.5, 0.6) is 11.5 Å². The molecule has 1 aromatic rings. The normalized spacial score (nSPS) is 21.7. The average molecular weight is 461 g/mol. The van der Waals surface area contributed by atoms with Crippen LogP contribution >= 0.6 is 0 Å². The van der Waals surface area contributed by atoms with E-state index in [1.54, 1.807) is 0 Å². The Morgan fingerprint density at radius 1 is 1.21 bits per heavy atom. The number of ether oxygens (including phenoxy) is 4. The molecule has 0 radical (unpaired) electrons. The minimum Gasteiger partial charge on any atom is -0.459 e. The number of hydrogen-bond acceptors (Lipinski definition) is 7. The van der Waals surface area contributed by atoms with Gasteiger partial charge in [-0.3, -0.25) is 9.59 Å². The summed E-state index contributed by atoms with van der Waals surface area (Å²) in [6.45, 7) is 2.67. The van der Waals surface area contributed by atoms with Gasteiger partial charge in [-0.05, 0) is 49.5 Å². The number of amides is 2. The first-order chi connectivity index (χ1) is 16.1. The molecule has 0 spiro atoms. The zero-order valence-electron chi connectivity index (χ0n) is 18.8. The van der Waals surface area contributed by atoms with Crippen molar-refractivity contribution in [3.05, 3.63) is 35.6 Å². The summed E-state index contributed by atoms with van der Waals surface area (Å²) in [5, 5.41) is 11.9. The molecule has 2 atom stereocenters. The summed E-state index contributed by atoms with van der Waals surface area (Å²) in [5.41, 5.74) is 0.990. The third-order valence-corrected chi connectivity index (χ3v) is 6.02. The summed E-state index contributed by atoms with van der Waals surface area (Å²) in [4.78, 5) is 26.4. The molecule has 9 nitrogen and oxygen atoms in total. The van der Waals surface area contributed by atoms with Gasteiger partial charge in [0.15, 0.2) is 17.3 Å². The maximum Gasteiger partial charge on any atom is 0.286 e. The maximum atomic E-state index is 12.8. The Balaban J connectivity index is 1.37. The van der Waals surface area contributed by atoms with Gasteiger partial charge in [-0.2, -0.15) is 0 Å². The van der Waals surface area contributed by atoms with Crippen molar-refractivity contribution in [2.24, 2.45) is 0 Å². The number of likely N-dealkylation sites (tertiary alicyclic amines) is 1. The van der Waals surface area contributed by atoms with Crippen LogP contribution in [0.2, 0.25) is 0 Å². The van der Waals surface area contributed by atoms with Crippen molar-refractivity contribution in [1.29, 1.82) is 0 Å². The number of hydrogen-bond donors (Lipinski definition) is 2. The Labute approximate surface area is 193 Å². The van der Waals surface area contributed by atoms with E-state index in [0.29, 0.717) is 63.3 Å². The van der Waals surface area contributed by atoms with Crippen molar-refractivity contribution >= 4 is 11.8 Å². The Morgan fingerprint density at radius 3 is 2.91 bits per heavy atom. The number of unbranched alkanes of at least 4 members (excludes halogenated alkanes) is 1. The van der Waals surface area contributed by atoms with E-state index in [0.717, 1.165) is 18.5 Å². The molecule has 4 rings (SSSR count). The highest BCUT2D eigenvalue weighted by molar-refractivity contribution is 5.91. The third kappa shape index (κ3) is 6.17. The maximum absolute atomic E-state index is 12.8. The van der Waals surface area contributed by atoms with Gasteiger partial charge in [0.2, 0.25) is 19.0 Å². The molecule has 0 bridgehead atoms. The molecule has 180 valence electrons. The molecule has 3 aliphatic heterocycles. The molecule has 9 heteroatoms. The average Bonchev–Trinajstić information content (AvgIpc) is 3.47. The summed E-state index contributed by atoms with van der Waals surface area (Å²) in [6.07, 6.45) is 5.41. The monoisotopic (exact) mass is 460 g/mol. The van der Waals surface area contributed by atoms with Crippen LogP contribution < -0.4 is 14.8 Å². The van der Waals surface area contributed by atoms with Crippen molar-refractivity contribution in [2.45, 2.75) is 50.7 Å². The lowest BCUT2D eigenvalue weighted by molar-refractivity contribution is -0.146. The minimum absolute atomic E-state index is 0.0842. The second-order valence-corrected chi connectivity index (χ2v) is 8.43. The molecule has 2 amide bonds. The molecular weight excluding hydrogens is 428 g/mol. The highest BCUT2D eigenvalue weighted by Crippen LogP contribution is 2.38. The fraction of sp³-hybridized carbons (Fsp3) is 0.583. The van der Waals surface area contributed by atoms with E-state index in [1.165, 1.54) is 0 Å². The molecule has 1 fully saturated rings. The molecule has 2 N–H and O–H groups in total. The van der Waals surface area contributed by atoms with Crippen LogP contribution in [-0.2, 0) is 19.1 Å². The highest BCUT2D eigenvalue weighted by Gasteiger charge is 2.30. The summed E-state index contributed by atoms with van der Waals surface area (Å²) >= 11 is 0. The summed E-state index contributed by atoms with van der Waals surface area (Å²) in [5.74, 6) is 1.44. The van der Waals surface area contributed by atoms with Gasteiger partial charge < -0.3 is 34.3 Å². The molecule has 1 saturated heterocycles. The lowest BCUT2D eigenvalue weighted by Gasteiger charge is -2.29. The Bertz CT molecular complexity index is 872. The minimum atomic E-state index is -0.563. The number of benzene rings is 1. The third-order valence-electron chi connectivity index (χ3n) is 6.02. The summed E-state index contributed by atoms with van der Waals surface area (Å²) in [7, 11) is 0. The van der Waals surface area contributed by atoms with Gasteiger partial charge in [0.1, 0.15) is 0 Å². The van der Waals surface area contributed by atoms with Crippen LogP contribution in [0.15, 0.2) is 30.0 Å². The number of aliphatic hydroxyl groups excluding tert-OH is 1. The zero-order chi connectivity index (χ0) is 23.0. The molecule has 0 aliphatic carbocycles. The second-order valence-electron chi connectivity index (χ2n) is 8.43. The fourth-order valence-corrected chi connectivity index (χ4v) is 4.22. The Kier molecular flexibility index (Phi) is 8.06. The number of carbonyl (C=O) groups is 2. The SMILES string of the molecule is O=C(NCCCN1CCCC1=O)C1=C[C@@H](c2ccc3c(c2)OCO3)C[C@@H](OCCCCO)O1. The molecule has 1 aromatic carbocycles. The number of nitrogens with zero attached hydrogens (tertiary/aromatic N) is 1. The standard InChI is InChI=1S/C24H32N2O7/c27-11-1-2-12-30-23-15-18(17-6-7-19-20(13-17)32-16-31-19)14-21(33-23)24(29)25-8-4-10-26-9-3-5-22(26)28/h6-7,13-14,18,23,27H,1-5,8-12,15-16H2,(H,25,29)/t18-,23+/m1/s1. The lowest BCUT2D eigenvalue weighted by atomic mass is 9.92. The van der Waals surface area contributed by atoms with Crippen LogP contribution in [0.4, 0.5) is 0 Å². The summed E-state index contributed by atoms with van der Waals surface area (Å²) < 4.78 is 22.6. The van der Waals surface area contributed by atoms with Gasteiger partial charge in [-0.1, -0.05) is 6.07 Å². The number of aliphatic hydroxyl groups is 1. The fourth-order valence-electron chi connectivity index (χ4n) is 4.22. The molecular formula is C24H32N2O7. The van der Waals surface area contributed by atoms with Crippen molar-refractivity contribution in [1.82, 2.24) is 10.2 Å². The first kappa shape index (κ1) is 23.4. The summed E-state index contributed by atoms with van der Waals surface area (Å²) in [6, 6.07) is 5.77. The van der Waals surface area contributed by atoms with Gasteiger partial charge in [-0.15, -0.1) is 0 Å². The first-order valence-corrected chi connectivity index (χ1v) is 11.7. The molecule has 33 heavy (non-hydrogen) atoms. The van der Waals surface area contributed by atoms with Crippen LogP contribution in [0.25, 0.3) is 0 Å². The lowest BCUT2D eigenvalue weighted by Crippen LogP contribution is -2.35. The smallest absolute Gasteiger partial charge is 0.286 e. The number of nitrogens with one attached hydrogen (secondary N) is 1. The molecule has 0 unspecified atom stereocenters. The van der Waals surface area contributed by atoms with Crippen molar-refractivity contribution in [3.63, 3.8) is 0 Å². The first-order valence-electron chi connectivity index (χ1n) is 11.7. The van der Waals surface area contributed by atoms with E-state index >= 15 is 0 Å². The molecule has 3 heterocycles. The highest BCUT2D eigenvalue weighted by atomic mass is 16.7. The van der Waals surface area contributed by atoms with Crippen LogP contribution in [-0.4, -0.2) is 67.8 Å². The van der Waals surface area contributed by atoms with Crippen molar-refractivity contribution in [3.8, 4) is 11.5 Å². The van der Waals surface area contributed by atoms with Gasteiger partial charge >= 0.3 is 0 Å². The van der Waals surface area contributed by atoms with Gasteiger partial charge in [0.05, 0.1) is 6.61 Å². The number of rotatable bonds is 11. The van der Waals surface area contributed by atoms with Gasteiger partial charge in [-0.25, -0.2) is 0 Å². The van der Waals surface area contributed by atoms with E-state index < -0.39 is 6.29 Å². The quantitative estimate of drug-likeness (QED) is 0.487. The van der Waals surface area contributed by atoms with E-state index in [-0.39, 0.29) is 36.9 Å². The van der Waals surface area contributed by atoms with E-state index in [4.69, 9.17) is 24.1 Å². The van der Waals surface area contributed by atoms with E-state index in [1.807, 2.05) is 29.2 Å². The molecule has 0 saturated carbocycles. The van der Waals surface area contributed by atoms with E-state index in [2.05, 4.69) is 5.32 Å².